The van der Waals surface area contributed by atoms with Gasteiger partial charge in [-0.25, -0.2) is 0 Å². The number of esters is 1. The first-order chi connectivity index (χ1) is 10.4. The summed E-state index contributed by atoms with van der Waals surface area (Å²) in [5.74, 6) is -1.24. The van der Waals surface area contributed by atoms with E-state index < -0.39 is 17.4 Å². The predicted octanol–water partition coefficient (Wildman–Crippen LogP) is 2.45. The third-order valence-electron chi connectivity index (χ3n) is 4.60. The van der Waals surface area contributed by atoms with Crippen LogP contribution in [0.5, 0.6) is 5.75 Å². The number of fused-ring (bicyclic) bond motifs is 1. The number of methoxy groups -OCH3 is 1. The van der Waals surface area contributed by atoms with Gasteiger partial charge in [0.2, 0.25) is 0 Å². The lowest BCUT2D eigenvalue weighted by atomic mass is 9.68. The van der Waals surface area contributed by atoms with Crippen molar-refractivity contribution in [1.29, 1.82) is 0 Å². The monoisotopic (exact) mass is 306 g/mol. The van der Waals surface area contributed by atoms with Gasteiger partial charge in [-0.05, 0) is 62.3 Å². The Bertz CT molecular complexity index is 580. The molecule has 0 bridgehead atoms. The zero-order valence-corrected chi connectivity index (χ0v) is 13.2. The first kappa shape index (κ1) is 16.3. The van der Waals surface area contributed by atoms with Crippen LogP contribution >= 0.6 is 0 Å². The normalized spacial score (nSPS) is 19.7. The van der Waals surface area contributed by atoms with Crippen LogP contribution in [-0.2, 0) is 27.2 Å². The minimum absolute atomic E-state index is 0.183. The molecule has 1 aliphatic carbocycles. The Kier molecular flexibility index (Phi) is 4.74. The van der Waals surface area contributed by atoms with Crippen molar-refractivity contribution in [1.82, 2.24) is 0 Å². The van der Waals surface area contributed by atoms with Crippen molar-refractivity contribution in [3.8, 4) is 5.75 Å². The molecule has 5 nitrogen and oxygen atoms in total. The highest BCUT2D eigenvalue weighted by Crippen LogP contribution is 2.40. The molecule has 0 aromatic heterocycles. The van der Waals surface area contributed by atoms with Crippen LogP contribution < -0.4 is 4.74 Å². The average Bonchev–Trinajstić information content (AvgIpc) is 2.52. The van der Waals surface area contributed by atoms with Crippen LogP contribution in [0, 0.1) is 11.3 Å². The Morgan fingerprint density at radius 1 is 1.36 bits per heavy atom. The van der Waals surface area contributed by atoms with Crippen LogP contribution in [0.3, 0.4) is 0 Å². The largest absolute Gasteiger partial charge is 0.497 e. The highest BCUT2D eigenvalue weighted by atomic mass is 16.5. The van der Waals surface area contributed by atoms with E-state index in [1.54, 1.807) is 14.0 Å². The summed E-state index contributed by atoms with van der Waals surface area (Å²) in [5, 5.41) is 9.59. The first-order valence-corrected chi connectivity index (χ1v) is 7.49. The molecule has 1 aromatic carbocycles. The van der Waals surface area contributed by atoms with Crippen molar-refractivity contribution in [3.05, 3.63) is 29.3 Å². The third kappa shape index (κ3) is 2.80. The van der Waals surface area contributed by atoms with E-state index in [-0.39, 0.29) is 12.5 Å². The Morgan fingerprint density at radius 3 is 2.68 bits per heavy atom. The lowest BCUT2D eigenvalue weighted by Gasteiger charge is -2.35. The van der Waals surface area contributed by atoms with Crippen molar-refractivity contribution in [2.45, 2.75) is 33.1 Å². The number of carboxylic acid groups (broad SMARTS) is 1. The molecule has 0 saturated heterocycles. The van der Waals surface area contributed by atoms with Crippen molar-refractivity contribution < 1.29 is 24.2 Å². The van der Waals surface area contributed by atoms with Crippen LogP contribution in [-0.4, -0.2) is 30.8 Å². The number of rotatable bonds is 5. The van der Waals surface area contributed by atoms with Gasteiger partial charge >= 0.3 is 11.9 Å². The van der Waals surface area contributed by atoms with Crippen molar-refractivity contribution in [2.24, 2.45) is 11.3 Å². The van der Waals surface area contributed by atoms with Crippen molar-refractivity contribution >= 4 is 11.9 Å². The molecule has 22 heavy (non-hydrogen) atoms. The molecule has 1 N–H and O–H groups in total. The molecule has 5 heteroatoms. The average molecular weight is 306 g/mol. The van der Waals surface area contributed by atoms with Crippen LogP contribution in [0.4, 0.5) is 0 Å². The molecule has 0 radical (unpaired) electrons. The summed E-state index contributed by atoms with van der Waals surface area (Å²) in [6.07, 6.45) is 1.93. The van der Waals surface area contributed by atoms with Gasteiger partial charge in [0, 0.05) is 0 Å². The molecule has 120 valence electrons. The standard InChI is InChI=1S/C17H22O5/c1-4-22-16(20)17(2,15(18)19)13-7-5-12-10-14(21-3)8-6-11(12)9-13/h6,8,10,13H,4-5,7,9H2,1-3H3,(H,18,19)/t13-,17-/m1/s1. The molecule has 0 unspecified atom stereocenters. The number of hydrogen-bond acceptors (Lipinski definition) is 4. The fraction of sp³-hybridized carbons (Fsp3) is 0.529. The molecule has 2 rings (SSSR count). The Labute approximate surface area is 130 Å². The number of carboxylic acids is 1. The van der Waals surface area contributed by atoms with Gasteiger partial charge in [-0.2, -0.15) is 0 Å². The van der Waals surface area contributed by atoms with E-state index >= 15 is 0 Å². The molecule has 0 heterocycles. The van der Waals surface area contributed by atoms with E-state index in [0.717, 1.165) is 23.3 Å². The van der Waals surface area contributed by atoms with Crippen molar-refractivity contribution in [2.75, 3.05) is 13.7 Å². The van der Waals surface area contributed by atoms with E-state index in [4.69, 9.17) is 9.47 Å². The highest BCUT2D eigenvalue weighted by molar-refractivity contribution is 5.99. The van der Waals surface area contributed by atoms with Gasteiger partial charge in [0.1, 0.15) is 5.75 Å². The van der Waals surface area contributed by atoms with Gasteiger partial charge in [-0.15, -0.1) is 0 Å². The zero-order valence-electron chi connectivity index (χ0n) is 13.2. The molecule has 0 spiro atoms. The smallest absolute Gasteiger partial charge is 0.323 e. The molecule has 0 amide bonds. The molecule has 1 aromatic rings. The highest BCUT2D eigenvalue weighted by Gasteiger charge is 2.50. The van der Waals surface area contributed by atoms with Gasteiger partial charge < -0.3 is 14.6 Å². The summed E-state index contributed by atoms with van der Waals surface area (Å²) >= 11 is 0. The summed E-state index contributed by atoms with van der Waals surface area (Å²) in [6, 6.07) is 5.80. The van der Waals surface area contributed by atoms with E-state index in [0.29, 0.717) is 12.8 Å². The lowest BCUT2D eigenvalue weighted by Crippen LogP contribution is -2.46. The Morgan fingerprint density at radius 2 is 2.09 bits per heavy atom. The first-order valence-electron chi connectivity index (χ1n) is 7.49. The summed E-state index contributed by atoms with van der Waals surface area (Å²) in [4.78, 5) is 23.9. The zero-order chi connectivity index (χ0) is 16.3. The topological polar surface area (TPSA) is 72.8 Å². The molecule has 0 fully saturated rings. The molecule has 0 aliphatic heterocycles. The van der Waals surface area contributed by atoms with E-state index in [1.807, 2.05) is 18.2 Å². The lowest BCUT2D eigenvalue weighted by molar-refractivity contribution is -0.172. The maximum atomic E-state index is 12.2. The summed E-state index contributed by atoms with van der Waals surface area (Å²) in [5.41, 5.74) is 0.731. The van der Waals surface area contributed by atoms with Crippen LogP contribution in [0.2, 0.25) is 0 Å². The number of ether oxygens (including phenoxy) is 2. The van der Waals surface area contributed by atoms with E-state index in [1.165, 1.54) is 6.92 Å². The predicted molar refractivity (Wildman–Crippen MR) is 80.9 cm³/mol. The minimum Gasteiger partial charge on any atom is -0.497 e. The van der Waals surface area contributed by atoms with Crippen LogP contribution in [0.25, 0.3) is 0 Å². The van der Waals surface area contributed by atoms with Gasteiger partial charge in [-0.1, -0.05) is 6.07 Å². The summed E-state index contributed by atoms with van der Waals surface area (Å²) in [6.45, 7) is 3.34. The number of carbonyl (C=O) groups is 2. The number of aliphatic carboxylic acids is 1. The number of hydrogen-bond donors (Lipinski definition) is 1. The van der Waals surface area contributed by atoms with Crippen LogP contribution in [0.1, 0.15) is 31.4 Å². The third-order valence-corrected chi connectivity index (χ3v) is 4.60. The second kappa shape index (κ2) is 6.38. The fourth-order valence-electron chi connectivity index (χ4n) is 3.06. The van der Waals surface area contributed by atoms with Gasteiger partial charge in [0.15, 0.2) is 5.41 Å². The quantitative estimate of drug-likeness (QED) is 0.668. The SMILES string of the molecule is CCOC(=O)[C@@](C)(C(=O)O)[C@@H]1CCc2cc(OC)ccc2C1. The Balaban J connectivity index is 2.28. The molecule has 0 saturated carbocycles. The number of carbonyl (C=O) groups excluding carboxylic acids is 1. The second-order valence-electron chi connectivity index (χ2n) is 5.80. The minimum atomic E-state index is -1.51. The molecular formula is C17H22O5. The molecule has 1 aliphatic rings. The number of benzene rings is 1. The maximum absolute atomic E-state index is 12.2. The Hall–Kier alpha value is -2.04. The van der Waals surface area contributed by atoms with E-state index in [9.17, 15) is 14.7 Å². The molecule has 2 atom stereocenters. The number of aryl methyl sites for hydroxylation is 1. The van der Waals surface area contributed by atoms with E-state index in [2.05, 4.69) is 0 Å². The maximum Gasteiger partial charge on any atom is 0.323 e. The van der Waals surface area contributed by atoms with Gasteiger partial charge in [0.25, 0.3) is 0 Å². The second-order valence-corrected chi connectivity index (χ2v) is 5.80. The summed E-state index contributed by atoms with van der Waals surface area (Å²) < 4.78 is 10.2. The molecular weight excluding hydrogens is 284 g/mol. The van der Waals surface area contributed by atoms with Crippen LogP contribution in [0.15, 0.2) is 18.2 Å². The van der Waals surface area contributed by atoms with Crippen molar-refractivity contribution in [3.63, 3.8) is 0 Å². The van der Waals surface area contributed by atoms with Gasteiger partial charge in [-0.3, -0.25) is 9.59 Å². The van der Waals surface area contributed by atoms with Gasteiger partial charge in [0.05, 0.1) is 13.7 Å². The fourth-order valence-corrected chi connectivity index (χ4v) is 3.06. The summed E-state index contributed by atoms with van der Waals surface area (Å²) in [7, 11) is 1.62.